The van der Waals surface area contributed by atoms with Crippen LogP contribution < -0.4 is 30.3 Å². The van der Waals surface area contributed by atoms with E-state index in [-0.39, 0.29) is 23.6 Å². The number of carbonyl (C=O) groups excluding carboxylic acids is 3. The van der Waals surface area contributed by atoms with Gasteiger partial charge in [-0.2, -0.15) is 0 Å². The second kappa shape index (κ2) is 16.4. The molecule has 0 saturated heterocycles. The van der Waals surface area contributed by atoms with Gasteiger partial charge in [0.1, 0.15) is 5.75 Å². The average Bonchev–Trinajstić information content (AvgIpc) is 3.12. The second-order valence-electron chi connectivity index (χ2n) is 12.3. The van der Waals surface area contributed by atoms with Crippen molar-refractivity contribution in [2.24, 2.45) is 0 Å². The number of urea groups is 1. The number of hydrogen-bond acceptors (Lipinski definition) is 8. The number of esters is 1. The van der Waals surface area contributed by atoms with Gasteiger partial charge < -0.3 is 30.3 Å². The van der Waals surface area contributed by atoms with Crippen LogP contribution in [0.1, 0.15) is 29.2 Å². The van der Waals surface area contributed by atoms with E-state index in [9.17, 15) is 22.8 Å². The van der Waals surface area contributed by atoms with Crippen LogP contribution in [0.15, 0.2) is 108 Å². The molecular formula is C39H41N5O7S. The quantitative estimate of drug-likeness (QED) is 0.0988. The van der Waals surface area contributed by atoms with Crippen molar-refractivity contribution >= 4 is 61.5 Å². The Bertz CT molecular complexity index is 2210. The van der Waals surface area contributed by atoms with Gasteiger partial charge >= 0.3 is 12.0 Å². The highest BCUT2D eigenvalue weighted by atomic mass is 32.2. The van der Waals surface area contributed by atoms with Crippen LogP contribution in [-0.2, 0) is 30.8 Å². The number of para-hydroxylation sites is 1. The van der Waals surface area contributed by atoms with Gasteiger partial charge in [-0.15, -0.1) is 0 Å². The van der Waals surface area contributed by atoms with E-state index in [0.717, 1.165) is 16.6 Å². The van der Waals surface area contributed by atoms with Gasteiger partial charge in [0.05, 0.1) is 43.7 Å². The molecule has 0 aliphatic carbocycles. The summed E-state index contributed by atoms with van der Waals surface area (Å²) in [6.07, 6.45) is -0.242. The highest BCUT2D eigenvalue weighted by Crippen LogP contribution is 2.32. The third-order valence-electron chi connectivity index (χ3n) is 8.40. The molecule has 12 nitrogen and oxygen atoms in total. The SMILES string of the molecule is COC(=O)C[C@@H](NS(=O)(=O)c1cccc2c(N(C)C)cccc12)c1ccc(NC(=O)Cc2ccc(NC(=O)Nc3ccccc3C)c(OC)c2)cc1. The number of ether oxygens (including phenoxy) is 2. The highest BCUT2D eigenvalue weighted by molar-refractivity contribution is 7.89. The number of nitrogens with zero attached hydrogens (tertiary/aromatic N) is 1. The molecule has 52 heavy (non-hydrogen) atoms. The van der Waals surface area contributed by atoms with Crippen molar-refractivity contribution < 1.29 is 32.3 Å². The molecule has 0 aliphatic heterocycles. The lowest BCUT2D eigenvalue weighted by Gasteiger charge is -2.21. The zero-order chi connectivity index (χ0) is 37.4. The number of sulfonamides is 1. The molecule has 0 aliphatic rings. The molecule has 5 aromatic carbocycles. The van der Waals surface area contributed by atoms with Crippen molar-refractivity contribution in [1.82, 2.24) is 4.72 Å². The summed E-state index contributed by atoms with van der Waals surface area (Å²) in [6.45, 7) is 1.89. The van der Waals surface area contributed by atoms with E-state index in [0.29, 0.717) is 39.3 Å². The summed E-state index contributed by atoms with van der Waals surface area (Å²) in [7, 11) is 2.37. The molecular weight excluding hydrogens is 683 g/mol. The van der Waals surface area contributed by atoms with Gasteiger partial charge in [0.25, 0.3) is 0 Å². The molecule has 0 bridgehead atoms. The molecule has 0 aromatic heterocycles. The zero-order valence-electron chi connectivity index (χ0n) is 29.5. The number of fused-ring (bicyclic) bond motifs is 1. The summed E-state index contributed by atoms with van der Waals surface area (Å²) >= 11 is 0. The average molecular weight is 724 g/mol. The molecule has 4 N–H and O–H groups in total. The Hall–Kier alpha value is -5.92. The topological polar surface area (TPSA) is 155 Å². The molecule has 0 radical (unpaired) electrons. The number of amides is 3. The van der Waals surface area contributed by atoms with E-state index in [2.05, 4.69) is 20.7 Å². The van der Waals surface area contributed by atoms with Crippen molar-refractivity contribution in [3.8, 4) is 5.75 Å². The number of rotatable bonds is 13. The van der Waals surface area contributed by atoms with Crippen molar-refractivity contribution in [1.29, 1.82) is 0 Å². The predicted molar refractivity (Wildman–Crippen MR) is 204 cm³/mol. The lowest BCUT2D eigenvalue weighted by molar-refractivity contribution is -0.141. The molecule has 0 heterocycles. The van der Waals surface area contributed by atoms with Crippen molar-refractivity contribution in [3.63, 3.8) is 0 Å². The van der Waals surface area contributed by atoms with Crippen LogP contribution >= 0.6 is 0 Å². The summed E-state index contributed by atoms with van der Waals surface area (Å²) in [6, 6.07) is 28.2. The van der Waals surface area contributed by atoms with E-state index in [1.165, 1.54) is 20.3 Å². The molecule has 0 saturated carbocycles. The zero-order valence-corrected chi connectivity index (χ0v) is 30.3. The third kappa shape index (κ3) is 9.05. The number of hydrogen-bond donors (Lipinski definition) is 4. The van der Waals surface area contributed by atoms with Gasteiger partial charge in [-0.1, -0.05) is 60.7 Å². The standard InChI is InChI=1S/C39H41N5O7S/c1-25-10-6-7-13-31(25)41-39(47)42-32-21-16-26(22-35(32)50-4)23-37(45)40-28-19-17-27(18-20-28)33(24-38(46)51-5)43-52(48,49)36-15-9-11-29-30(36)12-8-14-34(29)44(2)3/h6-22,33,43H,23-24H2,1-5H3,(H,40,45)(H2,41,42,47)/t33-/m1/s1. The van der Waals surface area contributed by atoms with Crippen molar-refractivity contribution in [2.75, 3.05) is 49.2 Å². The fourth-order valence-corrected chi connectivity index (χ4v) is 7.19. The molecule has 0 unspecified atom stereocenters. The molecule has 0 fully saturated rings. The summed E-state index contributed by atoms with van der Waals surface area (Å²) in [5.74, 6) is -0.524. The normalized spacial score (nSPS) is 11.7. The van der Waals surface area contributed by atoms with Crippen LogP contribution in [0.5, 0.6) is 5.75 Å². The first-order valence-corrected chi connectivity index (χ1v) is 17.9. The van der Waals surface area contributed by atoms with E-state index < -0.39 is 28.1 Å². The van der Waals surface area contributed by atoms with E-state index >= 15 is 0 Å². The van der Waals surface area contributed by atoms with Gasteiger partial charge in [0.15, 0.2) is 0 Å². The summed E-state index contributed by atoms with van der Waals surface area (Å²) < 4.78 is 40.6. The Morgan fingerprint density at radius 1 is 0.769 bits per heavy atom. The van der Waals surface area contributed by atoms with Crippen molar-refractivity contribution in [2.45, 2.75) is 30.7 Å². The summed E-state index contributed by atoms with van der Waals surface area (Å²) in [4.78, 5) is 40.0. The minimum Gasteiger partial charge on any atom is -0.495 e. The number of benzene rings is 5. The maximum absolute atomic E-state index is 13.8. The van der Waals surface area contributed by atoms with Crippen LogP contribution in [0.3, 0.4) is 0 Å². The van der Waals surface area contributed by atoms with Crippen LogP contribution in [0.25, 0.3) is 10.8 Å². The molecule has 0 spiro atoms. The predicted octanol–water partition coefficient (Wildman–Crippen LogP) is 6.63. The molecule has 5 rings (SSSR count). The number of aryl methyl sites for hydroxylation is 1. The van der Waals surface area contributed by atoms with E-state index in [1.807, 2.05) is 56.3 Å². The van der Waals surface area contributed by atoms with Crippen LogP contribution in [0.4, 0.5) is 27.5 Å². The smallest absolute Gasteiger partial charge is 0.323 e. The minimum atomic E-state index is -4.11. The van der Waals surface area contributed by atoms with Crippen LogP contribution in [0, 0.1) is 6.92 Å². The van der Waals surface area contributed by atoms with Crippen LogP contribution in [0.2, 0.25) is 0 Å². The molecule has 3 amide bonds. The molecule has 270 valence electrons. The van der Waals surface area contributed by atoms with E-state index in [4.69, 9.17) is 9.47 Å². The Morgan fingerprint density at radius 3 is 2.15 bits per heavy atom. The van der Waals surface area contributed by atoms with Crippen molar-refractivity contribution in [3.05, 3.63) is 120 Å². The molecule has 1 atom stereocenters. The lowest BCUT2D eigenvalue weighted by atomic mass is 10.0. The lowest BCUT2D eigenvalue weighted by Crippen LogP contribution is -2.30. The van der Waals surface area contributed by atoms with Gasteiger partial charge in [-0.05, 0) is 66.1 Å². The van der Waals surface area contributed by atoms with Gasteiger partial charge in [0.2, 0.25) is 15.9 Å². The Kier molecular flexibility index (Phi) is 11.8. The highest BCUT2D eigenvalue weighted by Gasteiger charge is 2.26. The largest absolute Gasteiger partial charge is 0.495 e. The fraction of sp³-hybridized carbons (Fsp3) is 0.205. The summed E-state index contributed by atoms with van der Waals surface area (Å²) in [5, 5.41) is 9.74. The number of anilines is 4. The molecule has 13 heteroatoms. The van der Waals surface area contributed by atoms with E-state index in [1.54, 1.807) is 66.7 Å². The maximum Gasteiger partial charge on any atom is 0.323 e. The monoisotopic (exact) mass is 723 g/mol. The van der Waals surface area contributed by atoms with Crippen LogP contribution in [-0.4, -0.2) is 54.6 Å². The maximum atomic E-state index is 13.8. The first kappa shape index (κ1) is 37.3. The Labute approximate surface area is 303 Å². The minimum absolute atomic E-state index is 0.0130. The van der Waals surface area contributed by atoms with Gasteiger partial charge in [-0.3, -0.25) is 9.59 Å². The number of carbonyl (C=O) groups is 3. The van der Waals surface area contributed by atoms with Gasteiger partial charge in [-0.25, -0.2) is 17.9 Å². The number of nitrogens with one attached hydrogen (secondary N) is 4. The number of methoxy groups -OCH3 is 2. The first-order chi connectivity index (χ1) is 24.9. The Morgan fingerprint density at radius 2 is 1.46 bits per heavy atom. The van der Waals surface area contributed by atoms with Gasteiger partial charge in [0, 0.05) is 41.9 Å². The second-order valence-corrected chi connectivity index (χ2v) is 13.9. The third-order valence-corrected chi connectivity index (χ3v) is 9.92. The summed E-state index contributed by atoms with van der Waals surface area (Å²) in [5.41, 5.74) is 4.52. The fourth-order valence-electron chi connectivity index (χ4n) is 5.74. The molecule has 5 aromatic rings. The Balaban J connectivity index is 1.27. The first-order valence-electron chi connectivity index (χ1n) is 16.4.